The fourth-order valence-corrected chi connectivity index (χ4v) is 3.18. The lowest BCUT2D eigenvalue weighted by atomic mass is 10.2. The van der Waals surface area contributed by atoms with Crippen LogP contribution in [0.2, 0.25) is 0 Å². The van der Waals surface area contributed by atoms with Crippen molar-refractivity contribution in [2.45, 2.75) is 18.7 Å². The summed E-state index contributed by atoms with van der Waals surface area (Å²) in [5.74, 6) is 0.0764. The van der Waals surface area contributed by atoms with Gasteiger partial charge in [-0.3, -0.25) is 9.69 Å². The van der Waals surface area contributed by atoms with Gasteiger partial charge in [0.05, 0.1) is 18.0 Å². The zero-order valence-electron chi connectivity index (χ0n) is 12.8. The van der Waals surface area contributed by atoms with E-state index in [1.807, 2.05) is 67.6 Å². The lowest BCUT2D eigenvalue weighted by Gasteiger charge is -2.15. The molecule has 1 aliphatic heterocycles. The second kappa shape index (κ2) is 7.24. The SMILES string of the molecule is CC1S/C(=N/N=C/c2ccccc2)N(Cc2ccccc2)C1=O. The van der Waals surface area contributed by atoms with Crippen molar-refractivity contribution in [1.82, 2.24) is 4.90 Å². The molecule has 0 spiro atoms. The highest BCUT2D eigenvalue weighted by Crippen LogP contribution is 2.28. The number of hydrogen-bond donors (Lipinski definition) is 0. The molecular weight excluding hydrogens is 306 g/mol. The van der Waals surface area contributed by atoms with Crippen LogP contribution in [-0.4, -0.2) is 27.4 Å². The van der Waals surface area contributed by atoms with E-state index < -0.39 is 0 Å². The van der Waals surface area contributed by atoms with Gasteiger partial charge in [0.25, 0.3) is 0 Å². The van der Waals surface area contributed by atoms with Crippen molar-refractivity contribution < 1.29 is 4.79 Å². The van der Waals surface area contributed by atoms with Crippen LogP contribution >= 0.6 is 11.8 Å². The third kappa shape index (κ3) is 3.87. The summed E-state index contributed by atoms with van der Waals surface area (Å²) in [6.45, 7) is 2.42. The molecule has 0 aromatic heterocycles. The van der Waals surface area contributed by atoms with Gasteiger partial charge in [-0.25, -0.2) is 0 Å². The van der Waals surface area contributed by atoms with Crippen molar-refractivity contribution in [3.63, 3.8) is 0 Å². The minimum atomic E-state index is -0.121. The molecule has 1 fully saturated rings. The molecule has 1 atom stereocenters. The quantitative estimate of drug-likeness (QED) is 0.638. The summed E-state index contributed by atoms with van der Waals surface area (Å²) in [7, 11) is 0. The third-order valence-electron chi connectivity index (χ3n) is 3.46. The largest absolute Gasteiger partial charge is 0.284 e. The first-order valence-electron chi connectivity index (χ1n) is 7.42. The first-order chi connectivity index (χ1) is 11.2. The Kier molecular flexibility index (Phi) is 4.88. The number of benzene rings is 2. The van der Waals surface area contributed by atoms with E-state index in [1.54, 1.807) is 11.1 Å². The summed E-state index contributed by atoms with van der Waals surface area (Å²) < 4.78 is 0. The van der Waals surface area contributed by atoms with Gasteiger partial charge in [-0.2, -0.15) is 5.10 Å². The summed E-state index contributed by atoms with van der Waals surface area (Å²) in [5, 5.41) is 8.91. The number of rotatable bonds is 4. The van der Waals surface area contributed by atoms with Gasteiger partial charge >= 0.3 is 0 Å². The molecule has 23 heavy (non-hydrogen) atoms. The van der Waals surface area contributed by atoms with Crippen LogP contribution in [-0.2, 0) is 11.3 Å². The number of carbonyl (C=O) groups is 1. The van der Waals surface area contributed by atoms with Gasteiger partial charge in [-0.1, -0.05) is 72.4 Å². The minimum Gasteiger partial charge on any atom is -0.284 e. The third-order valence-corrected chi connectivity index (χ3v) is 4.53. The van der Waals surface area contributed by atoms with Gasteiger partial charge in [0.2, 0.25) is 5.91 Å². The molecule has 3 rings (SSSR count). The summed E-state index contributed by atoms with van der Waals surface area (Å²) in [5.41, 5.74) is 2.06. The monoisotopic (exact) mass is 323 g/mol. The minimum absolute atomic E-state index is 0.0764. The number of carbonyl (C=O) groups excluding carboxylic acids is 1. The Labute approximate surface area is 139 Å². The zero-order valence-corrected chi connectivity index (χ0v) is 13.6. The normalized spacial score (nSPS) is 19.9. The van der Waals surface area contributed by atoms with Crippen LogP contribution in [0.1, 0.15) is 18.1 Å². The van der Waals surface area contributed by atoms with E-state index in [9.17, 15) is 4.79 Å². The van der Waals surface area contributed by atoms with Crippen LogP contribution < -0.4 is 0 Å². The predicted octanol–water partition coefficient (Wildman–Crippen LogP) is 3.54. The maximum absolute atomic E-state index is 12.3. The molecule has 0 radical (unpaired) electrons. The Morgan fingerprint density at radius 2 is 1.74 bits per heavy atom. The highest BCUT2D eigenvalue weighted by Gasteiger charge is 2.35. The van der Waals surface area contributed by atoms with Crippen molar-refractivity contribution in [1.29, 1.82) is 0 Å². The molecule has 116 valence electrons. The molecule has 0 bridgehead atoms. The predicted molar refractivity (Wildman–Crippen MR) is 95.5 cm³/mol. The van der Waals surface area contributed by atoms with E-state index in [0.29, 0.717) is 11.7 Å². The lowest BCUT2D eigenvalue weighted by Crippen LogP contribution is -2.30. The van der Waals surface area contributed by atoms with E-state index >= 15 is 0 Å². The standard InChI is InChI=1S/C18H17N3OS/c1-14-17(22)21(13-16-10-6-3-7-11-16)18(23-14)20-19-12-15-8-4-2-5-9-15/h2-12,14H,13H2,1H3/b19-12+,20-18+. The summed E-state index contributed by atoms with van der Waals surface area (Å²) in [4.78, 5) is 14.0. The van der Waals surface area contributed by atoms with Crippen LogP contribution in [0.15, 0.2) is 70.9 Å². The molecule has 1 aliphatic rings. The first-order valence-corrected chi connectivity index (χ1v) is 8.30. The van der Waals surface area contributed by atoms with Crippen molar-refractivity contribution in [2.75, 3.05) is 0 Å². The maximum Gasteiger partial charge on any atom is 0.242 e. The molecule has 4 nitrogen and oxygen atoms in total. The van der Waals surface area contributed by atoms with Crippen LogP contribution in [0.3, 0.4) is 0 Å². The molecule has 5 heteroatoms. The zero-order chi connectivity index (χ0) is 16.1. The van der Waals surface area contributed by atoms with Gasteiger partial charge in [0, 0.05) is 0 Å². The summed E-state index contributed by atoms with van der Waals surface area (Å²) in [6, 6.07) is 19.7. The highest BCUT2D eigenvalue weighted by atomic mass is 32.2. The second-order valence-electron chi connectivity index (χ2n) is 5.21. The molecule has 1 saturated heterocycles. The molecule has 2 aromatic carbocycles. The number of amides is 1. The molecule has 0 saturated carbocycles. The molecule has 0 N–H and O–H groups in total. The van der Waals surface area contributed by atoms with Crippen molar-refractivity contribution in [2.24, 2.45) is 10.2 Å². The Morgan fingerprint density at radius 3 is 2.43 bits per heavy atom. The van der Waals surface area contributed by atoms with Gasteiger partial charge in [-0.15, -0.1) is 5.10 Å². The topological polar surface area (TPSA) is 45.0 Å². The number of thioether (sulfide) groups is 1. The summed E-state index contributed by atoms with van der Waals surface area (Å²) in [6.07, 6.45) is 1.70. The number of amidine groups is 1. The van der Waals surface area contributed by atoms with Crippen molar-refractivity contribution >= 4 is 29.1 Å². The average molecular weight is 323 g/mol. The Bertz CT molecular complexity index is 728. The van der Waals surface area contributed by atoms with E-state index in [-0.39, 0.29) is 11.2 Å². The second-order valence-corrected chi connectivity index (χ2v) is 6.52. The molecule has 1 amide bonds. The summed E-state index contributed by atoms with van der Waals surface area (Å²) >= 11 is 1.45. The Hall–Kier alpha value is -2.40. The maximum atomic E-state index is 12.3. The molecule has 1 unspecified atom stereocenters. The molecule has 0 aliphatic carbocycles. The van der Waals surface area contributed by atoms with Crippen LogP contribution in [0.5, 0.6) is 0 Å². The Balaban J connectivity index is 1.77. The highest BCUT2D eigenvalue weighted by molar-refractivity contribution is 8.15. The van der Waals surface area contributed by atoms with E-state index in [1.165, 1.54) is 11.8 Å². The molecule has 2 aromatic rings. The van der Waals surface area contributed by atoms with Gasteiger partial charge in [-0.05, 0) is 18.1 Å². The van der Waals surface area contributed by atoms with E-state index in [2.05, 4.69) is 10.2 Å². The lowest BCUT2D eigenvalue weighted by molar-refractivity contribution is -0.126. The van der Waals surface area contributed by atoms with Crippen LogP contribution in [0.4, 0.5) is 0 Å². The fourth-order valence-electron chi connectivity index (χ4n) is 2.26. The Morgan fingerprint density at radius 1 is 1.09 bits per heavy atom. The van der Waals surface area contributed by atoms with Gasteiger partial charge in [0.1, 0.15) is 0 Å². The van der Waals surface area contributed by atoms with E-state index in [0.717, 1.165) is 11.1 Å². The van der Waals surface area contributed by atoms with Gasteiger partial charge in [0.15, 0.2) is 5.17 Å². The number of hydrogen-bond acceptors (Lipinski definition) is 4. The molecule has 1 heterocycles. The van der Waals surface area contributed by atoms with Crippen LogP contribution in [0, 0.1) is 0 Å². The van der Waals surface area contributed by atoms with Gasteiger partial charge < -0.3 is 0 Å². The number of nitrogens with zero attached hydrogens (tertiary/aromatic N) is 3. The smallest absolute Gasteiger partial charge is 0.242 e. The average Bonchev–Trinajstić information content (AvgIpc) is 2.85. The van der Waals surface area contributed by atoms with Crippen molar-refractivity contribution in [3.05, 3.63) is 71.8 Å². The van der Waals surface area contributed by atoms with Crippen molar-refractivity contribution in [3.8, 4) is 0 Å². The van der Waals surface area contributed by atoms with E-state index in [4.69, 9.17) is 0 Å². The first kappa shape index (κ1) is 15.5. The molecular formula is C18H17N3OS. The van der Waals surface area contributed by atoms with Crippen LogP contribution in [0.25, 0.3) is 0 Å². The fraction of sp³-hybridized carbons (Fsp3) is 0.167.